The Balaban J connectivity index is 1.36. The van der Waals surface area contributed by atoms with Crippen molar-refractivity contribution in [2.75, 3.05) is 32.5 Å². The fourth-order valence-corrected chi connectivity index (χ4v) is 6.11. The van der Waals surface area contributed by atoms with E-state index < -0.39 is 11.5 Å². The predicted octanol–water partition coefficient (Wildman–Crippen LogP) is 4.88. The van der Waals surface area contributed by atoms with Crippen molar-refractivity contribution in [2.45, 2.75) is 43.1 Å². The van der Waals surface area contributed by atoms with Crippen LogP contribution in [0.5, 0.6) is 5.75 Å². The monoisotopic (exact) mass is 544 g/mol. The van der Waals surface area contributed by atoms with Gasteiger partial charge in [-0.3, -0.25) is 20.0 Å². The molecule has 4 rings (SSSR count). The number of aliphatic hydroxyl groups is 1. The molecule has 37 heavy (non-hydrogen) atoms. The molecule has 3 aromatic rings. The molecule has 2 aromatic heterocycles. The summed E-state index contributed by atoms with van der Waals surface area (Å²) in [5, 5.41) is 21.8. The molecule has 3 N–H and O–H groups in total. The first-order valence-electron chi connectivity index (χ1n) is 12.5. The van der Waals surface area contributed by atoms with Gasteiger partial charge in [-0.25, -0.2) is 5.48 Å². The topological polar surface area (TPSA) is 108 Å². The van der Waals surface area contributed by atoms with Crippen molar-refractivity contribution in [3.05, 3.63) is 59.5 Å². The lowest BCUT2D eigenvalue weighted by Crippen LogP contribution is -2.48. The molecule has 0 radical (unpaired) electrons. The highest BCUT2D eigenvalue weighted by Gasteiger charge is 2.41. The molecule has 8 nitrogen and oxygen atoms in total. The highest BCUT2D eigenvalue weighted by atomic mass is 35.5. The lowest BCUT2D eigenvalue weighted by Gasteiger charge is -2.40. The molecule has 0 unspecified atom stereocenters. The number of ether oxygens (including phenoxy) is 1. The number of nitrogens with zero attached hydrogens (tertiary/aromatic N) is 3. The molecule has 1 amide bonds. The van der Waals surface area contributed by atoms with Crippen molar-refractivity contribution in [1.29, 1.82) is 0 Å². The number of aromatic nitrogens is 2. The molecule has 1 aromatic carbocycles. The Morgan fingerprint density at radius 2 is 2.11 bits per heavy atom. The van der Waals surface area contributed by atoms with Crippen LogP contribution in [0.25, 0.3) is 10.9 Å². The fourth-order valence-electron chi connectivity index (χ4n) is 5.02. The lowest BCUT2D eigenvalue weighted by atomic mass is 9.73. The molecule has 0 saturated carbocycles. The van der Waals surface area contributed by atoms with E-state index in [1.807, 2.05) is 35.9 Å². The minimum Gasteiger partial charge on any atom is -0.497 e. The third-order valence-electron chi connectivity index (χ3n) is 7.22. The van der Waals surface area contributed by atoms with Crippen LogP contribution < -0.4 is 10.2 Å². The molecule has 10 heteroatoms. The summed E-state index contributed by atoms with van der Waals surface area (Å²) in [6.07, 6.45) is 7.31. The molecule has 3 heterocycles. The predicted molar refractivity (Wildman–Crippen MR) is 145 cm³/mol. The summed E-state index contributed by atoms with van der Waals surface area (Å²) < 4.78 is 5.34. The van der Waals surface area contributed by atoms with E-state index in [0.29, 0.717) is 47.5 Å². The van der Waals surface area contributed by atoms with E-state index in [4.69, 9.17) is 16.3 Å². The van der Waals surface area contributed by atoms with E-state index in [1.54, 1.807) is 25.1 Å². The van der Waals surface area contributed by atoms with E-state index in [-0.39, 0.29) is 5.91 Å². The Morgan fingerprint density at radius 3 is 2.81 bits per heavy atom. The maximum Gasteiger partial charge on any atom is 0.249 e. The number of fused-ring (bicyclic) bond motifs is 1. The zero-order valence-corrected chi connectivity index (χ0v) is 22.5. The van der Waals surface area contributed by atoms with Crippen LogP contribution in [0.3, 0.4) is 0 Å². The molecule has 1 saturated heterocycles. The summed E-state index contributed by atoms with van der Waals surface area (Å²) in [4.78, 5) is 24.8. The van der Waals surface area contributed by atoms with E-state index in [1.165, 1.54) is 11.1 Å². The van der Waals surface area contributed by atoms with Gasteiger partial charge in [0, 0.05) is 34.4 Å². The van der Waals surface area contributed by atoms with Gasteiger partial charge in [0.05, 0.1) is 29.2 Å². The van der Waals surface area contributed by atoms with Gasteiger partial charge in [0.2, 0.25) is 5.91 Å². The van der Waals surface area contributed by atoms with Crippen LogP contribution in [0.1, 0.15) is 43.8 Å². The number of methoxy groups -OCH3 is 1. The number of amides is 1. The van der Waals surface area contributed by atoms with Crippen molar-refractivity contribution in [3.8, 4) is 5.75 Å². The number of hydrogen-bond donors (Lipinski definition) is 3. The van der Waals surface area contributed by atoms with Gasteiger partial charge in [0.1, 0.15) is 5.75 Å². The first-order chi connectivity index (χ1) is 18.0. The van der Waals surface area contributed by atoms with Crippen molar-refractivity contribution in [2.24, 2.45) is 5.41 Å². The van der Waals surface area contributed by atoms with Gasteiger partial charge in [-0.15, -0.1) is 11.8 Å². The zero-order chi connectivity index (χ0) is 26.3. The highest BCUT2D eigenvalue weighted by Crippen LogP contribution is 2.41. The molecule has 1 atom stereocenters. The van der Waals surface area contributed by atoms with Crippen LogP contribution in [-0.2, 0) is 4.79 Å². The minimum atomic E-state index is -0.893. The number of carbonyl (C=O) groups is 1. The maximum absolute atomic E-state index is 12.8. The van der Waals surface area contributed by atoms with Crippen molar-refractivity contribution < 1.29 is 19.8 Å². The number of pyridine rings is 2. The number of benzene rings is 1. The van der Waals surface area contributed by atoms with Gasteiger partial charge in [0.15, 0.2) is 0 Å². The Morgan fingerprint density at radius 1 is 1.30 bits per heavy atom. The number of rotatable bonds is 11. The Hall–Kier alpha value is -2.43. The molecule has 198 valence electrons. The molecule has 1 fully saturated rings. The smallest absolute Gasteiger partial charge is 0.249 e. The molecule has 1 aliphatic heterocycles. The van der Waals surface area contributed by atoms with Gasteiger partial charge in [0.25, 0.3) is 0 Å². The first-order valence-corrected chi connectivity index (χ1v) is 13.8. The maximum atomic E-state index is 12.8. The number of nitrogens with one attached hydrogen (secondary N) is 1. The quantitative estimate of drug-likeness (QED) is 0.136. The zero-order valence-electron chi connectivity index (χ0n) is 20.9. The minimum absolute atomic E-state index is 0.325. The average molecular weight is 545 g/mol. The largest absolute Gasteiger partial charge is 0.497 e. The summed E-state index contributed by atoms with van der Waals surface area (Å²) >= 11 is 8.26. The van der Waals surface area contributed by atoms with E-state index in [2.05, 4.69) is 20.9 Å². The molecular formula is C27H33ClN4O4S. The van der Waals surface area contributed by atoms with Gasteiger partial charge in [-0.05, 0) is 87.8 Å². The van der Waals surface area contributed by atoms with Crippen LogP contribution in [0.15, 0.2) is 53.8 Å². The van der Waals surface area contributed by atoms with Gasteiger partial charge in [-0.2, -0.15) is 0 Å². The fraction of sp³-hybridized carbons (Fsp3) is 0.444. The number of halogens is 1. The molecule has 1 aliphatic rings. The SMILES string of the molecule is COc1ccc2ncc(Cl)c([C@H](O)CCC3(C(=O)NO)CCN(CCCSc4cccnc4)CC3)c2c1. The lowest BCUT2D eigenvalue weighted by molar-refractivity contribution is -0.143. The molecule has 0 aliphatic carbocycles. The summed E-state index contributed by atoms with van der Waals surface area (Å²) in [5.74, 6) is 1.26. The van der Waals surface area contributed by atoms with Crippen LogP contribution >= 0.6 is 23.4 Å². The number of hydrogen-bond acceptors (Lipinski definition) is 8. The van der Waals surface area contributed by atoms with E-state index >= 15 is 0 Å². The van der Waals surface area contributed by atoms with Crippen LogP contribution in [0.4, 0.5) is 0 Å². The normalized spacial score (nSPS) is 16.4. The number of piperidine rings is 1. The third-order valence-corrected chi connectivity index (χ3v) is 8.58. The second kappa shape index (κ2) is 12.9. The summed E-state index contributed by atoms with van der Waals surface area (Å²) in [5.41, 5.74) is 2.42. The number of carbonyl (C=O) groups excluding carboxylic acids is 1. The van der Waals surface area contributed by atoms with Crippen molar-refractivity contribution >= 4 is 40.2 Å². The highest BCUT2D eigenvalue weighted by molar-refractivity contribution is 7.99. The molecule has 0 spiro atoms. The Bertz CT molecular complexity index is 1190. The standard InChI is InChI=1S/C27H33ClN4O4S/c1-36-19-5-6-23-21(16-19)25(22(28)18-30-23)24(33)7-8-27(26(34)31-35)9-13-32(14-10-27)12-3-15-37-20-4-2-11-29-17-20/h2,4-6,11,16-18,24,33,35H,3,7-10,12-15H2,1H3,(H,31,34)/t24-/m1/s1. The van der Waals surface area contributed by atoms with Crippen LogP contribution in [0.2, 0.25) is 5.02 Å². The summed E-state index contributed by atoms with van der Waals surface area (Å²) in [7, 11) is 1.58. The first kappa shape index (κ1) is 27.6. The van der Waals surface area contributed by atoms with Crippen LogP contribution in [0, 0.1) is 5.41 Å². The summed E-state index contributed by atoms with van der Waals surface area (Å²) in [6, 6.07) is 9.46. The summed E-state index contributed by atoms with van der Waals surface area (Å²) in [6.45, 7) is 2.47. The van der Waals surface area contributed by atoms with E-state index in [9.17, 15) is 15.1 Å². The Labute approximate surface area is 226 Å². The molecular weight excluding hydrogens is 512 g/mol. The third kappa shape index (κ3) is 6.72. The van der Waals surface area contributed by atoms with E-state index in [0.717, 1.165) is 37.2 Å². The van der Waals surface area contributed by atoms with Gasteiger partial charge in [-0.1, -0.05) is 11.6 Å². The second-order valence-corrected chi connectivity index (χ2v) is 11.0. The number of thioether (sulfide) groups is 1. The van der Waals surface area contributed by atoms with Crippen molar-refractivity contribution in [3.63, 3.8) is 0 Å². The number of hydroxylamine groups is 1. The van der Waals surface area contributed by atoms with Crippen molar-refractivity contribution in [1.82, 2.24) is 20.3 Å². The van der Waals surface area contributed by atoms with Crippen LogP contribution in [-0.4, -0.2) is 63.6 Å². The Kier molecular flexibility index (Phi) is 9.61. The average Bonchev–Trinajstić information content (AvgIpc) is 2.94. The van der Waals surface area contributed by atoms with Gasteiger partial charge < -0.3 is 14.7 Å². The number of aliphatic hydroxyl groups excluding tert-OH is 1. The number of likely N-dealkylation sites (tertiary alicyclic amines) is 1. The van der Waals surface area contributed by atoms with Gasteiger partial charge >= 0.3 is 0 Å². The second-order valence-electron chi connectivity index (χ2n) is 9.41. The molecule has 0 bridgehead atoms.